The first-order valence-corrected chi connectivity index (χ1v) is 8.30. The molecule has 0 atom stereocenters. The second-order valence-corrected chi connectivity index (χ2v) is 6.16. The molecule has 0 aliphatic carbocycles. The van der Waals surface area contributed by atoms with Gasteiger partial charge in [0.1, 0.15) is 0 Å². The number of nitrogens with one attached hydrogen (secondary N) is 1. The van der Waals surface area contributed by atoms with Crippen LogP contribution >= 0.6 is 11.8 Å². The minimum atomic E-state index is -0.447. The van der Waals surface area contributed by atoms with Crippen molar-refractivity contribution in [2.45, 2.75) is 19.6 Å². The number of nitrogens with zero attached hydrogens (tertiary/aromatic N) is 1. The van der Waals surface area contributed by atoms with Gasteiger partial charge in [0.15, 0.2) is 0 Å². The van der Waals surface area contributed by atoms with Gasteiger partial charge in [-0.15, -0.1) is 11.8 Å². The van der Waals surface area contributed by atoms with Crippen LogP contribution in [0.3, 0.4) is 0 Å². The van der Waals surface area contributed by atoms with Crippen LogP contribution in [0.5, 0.6) is 0 Å². The van der Waals surface area contributed by atoms with Crippen molar-refractivity contribution in [2.24, 2.45) is 0 Å². The summed E-state index contributed by atoms with van der Waals surface area (Å²) < 4.78 is 0. The molecule has 0 aliphatic rings. The number of rotatable bonds is 6. The van der Waals surface area contributed by atoms with Crippen LogP contribution in [0.25, 0.3) is 0 Å². The average Bonchev–Trinajstić information content (AvgIpc) is 2.51. The Labute approximate surface area is 139 Å². The number of carbonyl (C=O) groups excluding carboxylic acids is 1. The van der Waals surface area contributed by atoms with E-state index in [-0.39, 0.29) is 11.6 Å². The first-order chi connectivity index (χ1) is 11.0. The fraction of sp³-hybridized carbons (Fsp3) is 0.235. The number of anilines is 1. The Balaban J connectivity index is 1.92. The molecule has 5 nitrogen and oxygen atoms in total. The minimum absolute atomic E-state index is 0.00960. The van der Waals surface area contributed by atoms with Gasteiger partial charge >= 0.3 is 0 Å². The molecule has 120 valence electrons. The van der Waals surface area contributed by atoms with Crippen LogP contribution in [-0.2, 0) is 10.5 Å². The lowest BCUT2D eigenvalue weighted by molar-refractivity contribution is -0.385. The van der Waals surface area contributed by atoms with Crippen molar-refractivity contribution in [1.82, 2.24) is 0 Å². The maximum atomic E-state index is 12.0. The molecule has 1 amide bonds. The Hall–Kier alpha value is -2.34. The molecule has 0 spiro atoms. The third-order valence-corrected chi connectivity index (χ3v) is 4.51. The van der Waals surface area contributed by atoms with E-state index in [0.717, 1.165) is 5.75 Å². The molecular formula is C17H18N2O3S. The normalized spacial score (nSPS) is 10.3. The zero-order chi connectivity index (χ0) is 16.8. The van der Waals surface area contributed by atoms with Crippen LogP contribution in [0.4, 0.5) is 11.4 Å². The van der Waals surface area contributed by atoms with Gasteiger partial charge in [-0.05, 0) is 31.0 Å². The number of nitro groups is 1. The number of carbonyl (C=O) groups is 1. The third kappa shape index (κ3) is 4.56. The second kappa shape index (κ2) is 7.78. The van der Waals surface area contributed by atoms with Gasteiger partial charge in [-0.2, -0.15) is 0 Å². The predicted octanol–water partition coefficient (Wildman–Crippen LogP) is 4.08. The molecule has 0 fully saturated rings. The zero-order valence-electron chi connectivity index (χ0n) is 13.0. The quantitative estimate of drug-likeness (QED) is 0.640. The lowest BCUT2D eigenvalue weighted by Crippen LogP contribution is -2.15. The molecule has 0 bridgehead atoms. The number of amides is 1. The van der Waals surface area contributed by atoms with Gasteiger partial charge in [-0.3, -0.25) is 14.9 Å². The van der Waals surface area contributed by atoms with Crippen LogP contribution in [0.15, 0.2) is 42.5 Å². The number of aryl methyl sites for hydroxylation is 1. The Kier molecular flexibility index (Phi) is 5.76. The molecule has 0 saturated heterocycles. The Morgan fingerprint density at radius 3 is 2.61 bits per heavy atom. The topological polar surface area (TPSA) is 72.2 Å². The van der Waals surface area contributed by atoms with Crippen LogP contribution in [0, 0.1) is 24.0 Å². The SMILES string of the molecule is Cc1ccccc1CSCC(=O)Nc1cccc([N+](=O)[O-])c1C. The minimum Gasteiger partial charge on any atom is -0.325 e. The second-order valence-electron chi connectivity index (χ2n) is 5.17. The molecular weight excluding hydrogens is 312 g/mol. The summed E-state index contributed by atoms with van der Waals surface area (Å²) in [6, 6.07) is 12.7. The van der Waals surface area contributed by atoms with E-state index in [9.17, 15) is 14.9 Å². The molecule has 0 heterocycles. The highest BCUT2D eigenvalue weighted by Crippen LogP contribution is 2.25. The molecule has 6 heteroatoms. The lowest BCUT2D eigenvalue weighted by Gasteiger charge is -2.09. The van der Waals surface area contributed by atoms with Gasteiger partial charge in [-0.1, -0.05) is 30.3 Å². The number of thioether (sulfide) groups is 1. The van der Waals surface area contributed by atoms with Crippen LogP contribution in [0.2, 0.25) is 0 Å². The highest BCUT2D eigenvalue weighted by Gasteiger charge is 2.14. The summed E-state index contributed by atoms with van der Waals surface area (Å²) in [5.41, 5.74) is 3.37. The van der Waals surface area contributed by atoms with Crippen molar-refractivity contribution < 1.29 is 9.72 Å². The van der Waals surface area contributed by atoms with Gasteiger partial charge in [0.05, 0.1) is 21.9 Å². The Bertz CT molecular complexity index is 732. The van der Waals surface area contributed by atoms with E-state index in [1.807, 2.05) is 31.2 Å². The fourth-order valence-electron chi connectivity index (χ4n) is 2.17. The standard InChI is InChI=1S/C17H18N2O3S/c1-12-6-3-4-7-14(12)10-23-11-17(20)18-15-8-5-9-16(13(15)2)19(21)22/h3-9H,10-11H2,1-2H3,(H,18,20). The van der Waals surface area contributed by atoms with E-state index in [4.69, 9.17) is 0 Å². The Morgan fingerprint density at radius 1 is 1.17 bits per heavy atom. The molecule has 2 aromatic carbocycles. The van der Waals surface area contributed by atoms with E-state index >= 15 is 0 Å². The summed E-state index contributed by atoms with van der Waals surface area (Å²) in [5.74, 6) is 0.900. The van der Waals surface area contributed by atoms with Crippen molar-refractivity contribution in [3.05, 3.63) is 69.3 Å². The summed E-state index contributed by atoms with van der Waals surface area (Å²) >= 11 is 1.52. The summed E-state index contributed by atoms with van der Waals surface area (Å²) in [6.07, 6.45) is 0. The van der Waals surface area contributed by atoms with E-state index in [0.29, 0.717) is 17.0 Å². The van der Waals surface area contributed by atoms with Gasteiger partial charge < -0.3 is 5.32 Å². The summed E-state index contributed by atoms with van der Waals surface area (Å²) in [7, 11) is 0. The fourth-order valence-corrected chi connectivity index (χ4v) is 3.07. The molecule has 2 aromatic rings. The zero-order valence-corrected chi connectivity index (χ0v) is 13.9. The molecule has 23 heavy (non-hydrogen) atoms. The van der Waals surface area contributed by atoms with Crippen molar-refractivity contribution in [2.75, 3.05) is 11.1 Å². The van der Waals surface area contributed by atoms with E-state index in [1.54, 1.807) is 19.1 Å². The highest BCUT2D eigenvalue weighted by atomic mass is 32.2. The molecule has 0 aromatic heterocycles. The van der Waals surface area contributed by atoms with Crippen molar-refractivity contribution >= 4 is 29.0 Å². The third-order valence-electron chi connectivity index (χ3n) is 3.53. The van der Waals surface area contributed by atoms with Gasteiger partial charge in [0, 0.05) is 11.8 Å². The van der Waals surface area contributed by atoms with E-state index in [1.165, 1.54) is 29.0 Å². The van der Waals surface area contributed by atoms with Gasteiger partial charge in [-0.25, -0.2) is 0 Å². The number of hydrogen-bond donors (Lipinski definition) is 1. The molecule has 0 aliphatic heterocycles. The number of hydrogen-bond acceptors (Lipinski definition) is 4. The maximum absolute atomic E-state index is 12.0. The van der Waals surface area contributed by atoms with Gasteiger partial charge in [0.25, 0.3) is 5.69 Å². The molecule has 0 saturated carbocycles. The highest BCUT2D eigenvalue weighted by molar-refractivity contribution is 7.99. The largest absolute Gasteiger partial charge is 0.325 e. The van der Waals surface area contributed by atoms with Crippen LogP contribution in [-0.4, -0.2) is 16.6 Å². The Morgan fingerprint density at radius 2 is 1.91 bits per heavy atom. The number of nitro benzene ring substituents is 1. The average molecular weight is 330 g/mol. The first-order valence-electron chi connectivity index (χ1n) is 7.15. The lowest BCUT2D eigenvalue weighted by atomic mass is 10.1. The molecule has 0 unspecified atom stereocenters. The first kappa shape index (κ1) is 17.0. The summed E-state index contributed by atoms with van der Waals surface area (Å²) in [4.78, 5) is 22.5. The van der Waals surface area contributed by atoms with Crippen LogP contribution < -0.4 is 5.32 Å². The van der Waals surface area contributed by atoms with Crippen molar-refractivity contribution in [1.29, 1.82) is 0 Å². The van der Waals surface area contributed by atoms with Gasteiger partial charge in [0.2, 0.25) is 5.91 Å². The van der Waals surface area contributed by atoms with Crippen molar-refractivity contribution in [3.63, 3.8) is 0 Å². The van der Waals surface area contributed by atoms with E-state index in [2.05, 4.69) is 5.32 Å². The number of benzene rings is 2. The van der Waals surface area contributed by atoms with E-state index < -0.39 is 4.92 Å². The monoisotopic (exact) mass is 330 g/mol. The molecule has 2 rings (SSSR count). The summed E-state index contributed by atoms with van der Waals surface area (Å²) in [5, 5.41) is 13.7. The van der Waals surface area contributed by atoms with Crippen molar-refractivity contribution in [3.8, 4) is 0 Å². The summed E-state index contributed by atoms with van der Waals surface area (Å²) in [6.45, 7) is 3.68. The maximum Gasteiger partial charge on any atom is 0.274 e. The predicted molar refractivity (Wildman–Crippen MR) is 93.8 cm³/mol. The molecule has 0 radical (unpaired) electrons. The smallest absolute Gasteiger partial charge is 0.274 e. The molecule has 1 N–H and O–H groups in total. The van der Waals surface area contributed by atoms with Crippen LogP contribution in [0.1, 0.15) is 16.7 Å².